The fourth-order valence-corrected chi connectivity index (χ4v) is 2.92. The normalized spacial score (nSPS) is 44.8. The number of hydrogen-bond acceptors (Lipinski definition) is 2. The molecular weight excluding hydrogens is 152 g/mol. The Morgan fingerprint density at radius 1 is 1.33 bits per heavy atom. The van der Waals surface area contributed by atoms with Gasteiger partial charge >= 0.3 is 5.97 Å². The van der Waals surface area contributed by atoms with Gasteiger partial charge in [-0.25, -0.2) is 0 Å². The van der Waals surface area contributed by atoms with E-state index in [4.69, 9.17) is 4.74 Å². The van der Waals surface area contributed by atoms with Gasteiger partial charge in [-0.2, -0.15) is 0 Å². The van der Waals surface area contributed by atoms with E-state index in [-0.39, 0.29) is 12.1 Å². The molecule has 2 aliphatic rings. The third-order valence-corrected chi connectivity index (χ3v) is 3.54. The Morgan fingerprint density at radius 2 is 2.00 bits per heavy atom. The van der Waals surface area contributed by atoms with Gasteiger partial charge in [0.1, 0.15) is 6.10 Å². The van der Waals surface area contributed by atoms with Crippen LogP contribution in [0.15, 0.2) is 0 Å². The van der Waals surface area contributed by atoms with E-state index < -0.39 is 0 Å². The molecule has 68 valence electrons. The fraction of sp³-hybridized carbons (Fsp3) is 0.900. The van der Waals surface area contributed by atoms with Crippen LogP contribution in [0.5, 0.6) is 0 Å². The molecule has 2 nitrogen and oxygen atoms in total. The highest BCUT2D eigenvalue weighted by atomic mass is 16.5. The molecule has 2 heteroatoms. The molecular formula is C10H16O2. The summed E-state index contributed by atoms with van der Waals surface area (Å²) >= 11 is 0. The highest BCUT2D eigenvalue weighted by Crippen LogP contribution is 2.49. The van der Waals surface area contributed by atoms with Gasteiger partial charge in [-0.3, -0.25) is 4.79 Å². The third-order valence-electron chi connectivity index (χ3n) is 3.54. The number of carbonyl (C=O) groups excluding carboxylic acids is 1. The standard InChI is InChI=1S/C10H16O2/c1-6-8-3-4-9(5-8)10(6)12-7(2)11/h6,8-10H,3-5H2,1-2H3/t6-,8+,9-,10-/m0/s1. The maximum atomic E-state index is 10.8. The second kappa shape index (κ2) is 2.75. The molecule has 2 bridgehead atoms. The average Bonchev–Trinajstić information content (AvgIpc) is 2.53. The largest absolute Gasteiger partial charge is 0.462 e. The first kappa shape index (κ1) is 8.09. The van der Waals surface area contributed by atoms with Crippen LogP contribution in [-0.4, -0.2) is 12.1 Å². The van der Waals surface area contributed by atoms with E-state index in [0.717, 1.165) is 5.92 Å². The van der Waals surface area contributed by atoms with Gasteiger partial charge in [-0.1, -0.05) is 6.92 Å². The van der Waals surface area contributed by atoms with Crippen LogP contribution in [0, 0.1) is 17.8 Å². The van der Waals surface area contributed by atoms with Crippen LogP contribution in [-0.2, 0) is 9.53 Å². The summed E-state index contributed by atoms with van der Waals surface area (Å²) in [4.78, 5) is 10.8. The van der Waals surface area contributed by atoms with E-state index in [1.54, 1.807) is 0 Å². The Labute approximate surface area is 73.3 Å². The predicted octanol–water partition coefficient (Wildman–Crippen LogP) is 1.98. The smallest absolute Gasteiger partial charge is 0.302 e. The highest BCUT2D eigenvalue weighted by molar-refractivity contribution is 5.66. The quantitative estimate of drug-likeness (QED) is 0.560. The van der Waals surface area contributed by atoms with Crippen LogP contribution in [0.2, 0.25) is 0 Å². The van der Waals surface area contributed by atoms with Crippen molar-refractivity contribution in [2.45, 2.75) is 39.2 Å². The molecule has 0 spiro atoms. The lowest BCUT2D eigenvalue weighted by atomic mass is 9.88. The summed E-state index contributed by atoms with van der Waals surface area (Å²) in [5.41, 5.74) is 0. The van der Waals surface area contributed by atoms with Gasteiger partial charge in [-0.05, 0) is 37.0 Å². The molecule has 2 fully saturated rings. The van der Waals surface area contributed by atoms with Crippen LogP contribution >= 0.6 is 0 Å². The summed E-state index contributed by atoms with van der Waals surface area (Å²) in [6.07, 6.45) is 4.15. The lowest BCUT2D eigenvalue weighted by Crippen LogP contribution is -2.29. The lowest BCUT2D eigenvalue weighted by molar-refractivity contribution is -0.151. The maximum absolute atomic E-state index is 10.8. The lowest BCUT2D eigenvalue weighted by Gasteiger charge is -2.27. The molecule has 0 saturated heterocycles. The molecule has 12 heavy (non-hydrogen) atoms. The molecule has 0 N–H and O–H groups in total. The van der Waals surface area contributed by atoms with Gasteiger partial charge in [-0.15, -0.1) is 0 Å². The first-order chi connectivity index (χ1) is 5.68. The van der Waals surface area contributed by atoms with Crippen LogP contribution in [0.4, 0.5) is 0 Å². The van der Waals surface area contributed by atoms with Crippen molar-refractivity contribution in [2.75, 3.05) is 0 Å². The minimum absolute atomic E-state index is 0.112. The predicted molar refractivity (Wildman–Crippen MR) is 45.5 cm³/mol. The molecule has 0 aliphatic heterocycles. The van der Waals surface area contributed by atoms with E-state index in [0.29, 0.717) is 11.8 Å². The third kappa shape index (κ3) is 1.13. The molecule has 4 atom stereocenters. The number of fused-ring (bicyclic) bond motifs is 2. The van der Waals surface area contributed by atoms with Crippen LogP contribution in [0.3, 0.4) is 0 Å². The summed E-state index contributed by atoms with van der Waals surface area (Å²) < 4.78 is 5.32. The molecule has 2 rings (SSSR count). The Bertz CT molecular complexity index is 198. The molecule has 0 amide bonds. The molecule has 0 radical (unpaired) electrons. The van der Waals surface area contributed by atoms with Gasteiger partial charge in [0, 0.05) is 6.92 Å². The van der Waals surface area contributed by atoms with Crippen molar-refractivity contribution in [3.8, 4) is 0 Å². The molecule has 0 unspecified atom stereocenters. The van der Waals surface area contributed by atoms with E-state index in [2.05, 4.69) is 6.92 Å². The minimum Gasteiger partial charge on any atom is -0.462 e. The van der Waals surface area contributed by atoms with E-state index in [1.807, 2.05) is 0 Å². The second-order valence-electron chi connectivity index (χ2n) is 4.27. The van der Waals surface area contributed by atoms with Gasteiger partial charge in [0.05, 0.1) is 0 Å². The van der Waals surface area contributed by atoms with Crippen molar-refractivity contribution in [2.24, 2.45) is 17.8 Å². The Balaban J connectivity index is 2.02. The fourth-order valence-electron chi connectivity index (χ4n) is 2.92. The van der Waals surface area contributed by atoms with Gasteiger partial charge in [0.15, 0.2) is 0 Å². The van der Waals surface area contributed by atoms with Crippen molar-refractivity contribution in [1.29, 1.82) is 0 Å². The molecule has 2 saturated carbocycles. The summed E-state index contributed by atoms with van der Waals surface area (Å²) in [6, 6.07) is 0. The van der Waals surface area contributed by atoms with Crippen LogP contribution in [0.25, 0.3) is 0 Å². The second-order valence-corrected chi connectivity index (χ2v) is 4.27. The Kier molecular flexibility index (Phi) is 1.85. The number of carbonyl (C=O) groups is 1. The molecule has 0 heterocycles. The highest BCUT2D eigenvalue weighted by Gasteiger charge is 2.46. The average molecular weight is 168 g/mol. The number of ether oxygens (including phenoxy) is 1. The monoisotopic (exact) mass is 168 g/mol. The molecule has 0 aromatic carbocycles. The van der Waals surface area contributed by atoms with Crippen molar-refractivity contribution in [3.63, 3.8) is 0 Å². The first-order valence-electron chi connectivity index (χ1n) is 4.85. The van der Waals surface area contributed by atoms with Crippen LogP contribution in [0.1, 0.15) is 33.1 Å². The van der Waals surface area contributed by atoms with E-state index >= 15 is 0 Å². The maximum Gasteiger partial charge on any atom is 0.302 e. The van der Waals surface area contributed by atoms with Crippen molar-refractivity contribution < 1.29 is 9.53 Å². The summed E-state index contributed by atoms with van der Waals surface area (Å²) in [5, 5.41) is 0. The summed E-state index contributed by atoms with van der Waals surface area (Å²) in [7, 11) is 0. The van der Waals surface area contributed by atoms with Crippen molar-refractivity contribution in [3.05, 3.63) is 0 Å². The minimum atomic E-state index is -0.112. The zero-order chi connectivity index (χ0) is 8.72. The van der Waals surface area contributed by atoms with E-state index in [1.165, 1.54) is 26.2 Å². The summed E-state index contributed by atoms with van der Waals surface area (Å²) in [5.74, 6) is 2.00. The van der Waals surface area contributed by atoms with Crippen molar-refractivity contribution >= 4 is 5.97 Å². The zero-order valence-electron chi connectivity index (χ0n) is 7.75. The van der Waals surface area contributed by atoms with Crippen molar-refractivity contribution in [1.82, 2.24) is 0 Å². The molecule has 0 aromatic rings. The number of hydrogen-bond donors (Lipinski definition) is 0. The first-order valence-corrected chi connectivity index (χ1v) is 4.85. The van der Waals surface area contributed by atoms with Gasteiger partial charge in [0.25, 0.3) is 0 Å². The number of esters is 1. The Hall–Kier alpha value is -0.530. The van der Waals surface area contributed by atoms with Crippen LogP contribution < -0.4 is 0 Å². The van der Waals surface area contributed by atoms with Gasteiger partial charge in [0.2, 0.25) is 0 Å². The summed E-state index contributed by atoms with van der Waals surface area (Å²) in [6.45, 7) is 3.73. The molecule has 0 aromatic heterocycles. The number of rotatable bonds is 1. The SMILES string of the molecule is CC(=O)O[C@@H]1[C@H]2CC[C@H](C2)[C@@H]1C. The zero-order valence-corrected chi connectivity index (χ0v) is 7.75. The Morgan fingerprint density at radius 3 is 2.50 bits per heavy atom. The molecule has 2 aliphatic carbocycles. The van der Waals surface area contributed by atoms with Gasteiger partial charge < -0.3 is 4.74 Å². The van der Waals surface area contributed by atoms with E-state index in [9.17, 15) is 4.79 Å². The topological polar surface area (TPSA) is 26.3 Å².